The first-order valence-electron chi connectivity index (χ1n) is 8.59. The molecule has 0 saturated carbocycles. The van der Waals surface area contributed by atoms with Gasteiger partial charge < -0.3 is 15.0 Å². The zero-order valence-electron chi connectivity index (χ0n) is 15.0. The second-order valence-corrected chi connectivity index (χ2v) is 7.98. The Hall–Kier alpha value is -3.01. The van der Waals surface area contributed by atoms with Gasteiger partial charge in [-0.2, -0.15) is 5.26 Å². The van der Waals surface area contributed by atoms with Crippen LogP contribution < -0.4 is 16.0 Å². The Labute approximate surface area is 170 Å². The molecule has 0 bridgehead atoms. The van der Waals surface area contributed by atoms with Gasteiger partial charge in [-0.15, -0.1) is 11.3 Å². The van der Waals surface area contributed by atoms with Crippen LogP contribution in [0.2, 0.25) is 5.02 Å². The van der Waals surface area contributed by atoms with Gasteiger partial charge in [-0.1, -0.05) is 29.8 Å². The number of halogens is 1. The standard InChI is InChI=1S/C21H16ClN3O2S/c1-12-9-17-19(21(26)25(12)11-15-3-2-8-28-15)18(16(10-23)20(24)27-17)13-4-6-14(22)7-5-13/h2-9,18H,11,24H2,1H3/t18-/m0/s1. The van der Waals surface area contributed by atoms with Crippen molar-refractivity contribution in [1.82, 2.24) is 4.57 Å². The first-order chi connectivity index (χ1) is 13.5. The highest BCUT2D eigenvalue weighted by Gasteiger charge is 2.34. The number of rotatable bonds is 3. The summed E-state index contributed by atoms with van der Waals surface area (Å²) in [5, 5.41) is 12.2. The van der Waals surface area contributed by atoms with Crippen LogP contribution in [-0.2, 0) is 6.54 Å². The van der Waals surface area contributed by atoms with E-state index in [1.165, 1.54) is 0 Å². The zero-order chi connectivity index (χ0) is 19.8. The minimum Gasteiger partial charge on any atom is -0.440 e. The second-order valence-electron chi connectivity index (χ2n) is 6.51. The Morgan fingerprint density at radius 3 is 2.71 bits per heavy atom. The summed E-state index contributed by atoms with van der Waals surface area (Å²) in [6.07, 6.45) is 0. The number of hydrogen-bond acceptors (Lipinski definition) is 5. The number of nitrogens with zero attached hydrogens (tertiary/aromatic N) is 2. The molecule has 1 atom stereocenters. The summed E-state index contributed by atoms with van der Waals surface area (Å²) >= 11 is 7.60. The Morgan fingerprint density at radius 1 is 1.32 bits per heavy atom. The number of pyridine rings is 1. The molecule has 0 spiro atoms. The fourth-order valence-corrected chi connectivity index (χ4v) is 4.25. The molecule has 140 valence electrons. The number of allylic oxidation sites excluding steroid dienone is 1. The quantitative estimate of drug-likeness (QED) is 0.704. The van der Waals surface area contributed by atoms with Crippen LogP contribution in [0.5, 0.6) is 5.75 Å². The van der Waals surface area contributed by atoms with Gasteiger partial charge in [0, 0.05) is 21.7 Å². The monoisotopic (exact) mass is 409 g/mol. The Kier molecular flexibility index (Phi) is 4.71. The third-order valence-corrected chi connectivity index (χ3v) is 5.90. The van der Waals surface area contributed by atoms with Crippen molar-refractivity contribution in [3.8, 4) is 11.8 Å². The van der Waals surface area contributed by atoms with Gasteiger partial charge in [-0.05, 0) is 36.1 Å². The number of nitriles is 1. The number of hydrogen-bond donors (Lipinski definition) is 1. The van der Waals surface area contributed by atoms with Crippen molar-refractivity contribution >= 4 is 22.9 Å². The van der Waals surface area contributed by atoms with Gasteiger partial charge >= 0.3 is 0 Å². The van der Waals surface area contributed by atoms with E-state index in [0.29, 0.717) is 22.9 Å². The summed E-state index contributed by atoms with van der Waals surface area (Å²) in [5.41, 5.74) is 7.98. The number of aromatic nitrogens is 1. The molecule has 0 radical (unpaired) electrons. The van der Waals surface area contributed by atoms with Crippen molar-refractivity contribution < 1.29 is 4.74 Å². The number of thiophene rings is 1. The maximum Gasteiger partial charge on any atom is 0.259 e. The topological polar surface area (TPSA) is 81.0 Å². The van der Waals surface area contributed by atoms with Gasteiger partial charge in [0.05, 0.1) is 18.0 Å². The maximum absolute atomic E-state index is 13.5. The number of benzene rings is 1. The molecule has 0 unspecified atom stereocenters. The third kappa shape index (κ3) is 3.09. The highest BCUT2D eigenvalue weighted by Crippen LogP contribution is 2.40. The van der Waals surface area contributed by atoms with E-state index in [-0.39, 0.29) is 17.0 Å². The summed E-state index contributed by atoms with van der Waals surface area (Å²) < 4.78 is 7.36. The normalized spacial score (nSPS) is 15.7. The Balaban J connectivity index is 1.94. The average Bonchev–Trinajstić information content (AvgIpc) is 3.18. The van der Waals surface area contributed by atoms with E-state index in [1.807, 2.05) is 24.4 Å². The molecule has 2 aromatic heterocycles. The lowest BCUT2D eigenvalue weighted by Crippen LogP contribution is -2.32. The van der Waals surface area contributed by atoms with Gasteiger partial charge in [0.15, 0.2) is 0 Å². The van der Waals surface area contributed by atoms with Crippen LogP contribution in [0.25, 0.3) is 0 Å². The number of fused-ring (bicyclic) bond motifs is 1. The summed E-state index contributed by atoms with van der Waals surface area (Å²) in [6, 6.07) is 14.9. The van der Waals surface area contributed by atoms with E-state index in [4.69, 9.17) is 22.1 Å². The van der Waals surface area contributed by atoms with Gasteiger partial charge in [-0.3, -0.25) is 4.79 Å². The van der Waals surface area contributed by atoms with Gasteiger partial charge in [0.25, 0.3) is 5.56 Å². The molecular weight excluding hydrogens is 394 g/mol. The summed E-state index contributed by atoms with van der Waals surface area (Å²) in [7, 11) is 0. The largest absolute Gasteiger partial charge is 0.440 e. The van der Waals surface area contributed by atoms with E-state index in [9.17, 15) is 10.1 Å². The Bertz CT molecular complexity index is 1170. The molecule has 7 heteroatoms. The Morgan fingerprint density at radius 2 is 2.07 bits per heavy atom. The lowest BCUT2D eigenvalue weighted by Gasteiger charge is -2.27. The van der Waals surface area contributed by atoms with E-state index in [2.05, 4.69) is 6.07 Å². The molecule has 0 saturated heterocycles. The molecule has 28 heavy (non-hydrogen) atoms. The molecule has 1 aliphatic rings. The number of ether oxygens (including phenoxy) is 1. The second kappa shape index (κ2) is 7.19. The van der Waals surface area contributed by atoms with E-state index >= 15 is 0 Å². The fraction of sp³-hybridized carbons (Fsp3) is 0.143. The van der Waals surface area contributed by atoms with Crippen LogP contribution in [0.1, 0.15) is 27.6 Å². The molecule has 1 aliphatic heterocycles. The van der Waals surface area contributed by atoms with Crippen molar-refractivity contribution in [2.45, 2.75) is 19.4 Å². The fourth-order valence-electron chi connectivity index (χ4n) is 3.43. The predicted octanol–water partition coefficient (Wildman–Crippen LogP) is 4.14. The zero-order valence-corrected chi connectivity index (χ0v) is 16.6. The molecule has 0 amide bonds. The molecule has 0 aliphatic carbocycles. The van der Waals surface area contributed by atoms with Gasteiger partial charge in [-0.25, -0.2) is 0 Å². The van der Waals surface area contributed by atoms with E-state index in [1.54, 1.807) is 46.2 Å². The molecule has 3 heterocycles. The van der Waals surface area contributed by atoms with E-state index in [0.717, 1.165) is 16.1 Å². The molecular formula is C21H16ClN3O2S. The van der Waals surface area contributed by atoms with Gasteiger partial charge in [0.2, 0.25) is 5.88 Å². The number of aryl methyl sites for hydroxylation is 1. The lowest BCUT2D eigenvalue weighted by atomic mass is 9.84. The first kappa shape index (κ1) is 18.4. The van der Waals surface area contributed by atoms with Crippen molar-refractivity contribution in [1.29, 1.82) is 5.26 Å². The van der Waals surface area contributed by atoms with Crippen molar-refractivity contribution in [2.75, 3.05) is 0 Å². The lowest BCUT2D eigenvalue weighted by molar-refractivity contribution is 0.389. The maximum atomic E-state index is 13.5. The molecule has 5 nitrogen and oxygen atoms in total. The van der Waals surface area contributed by atoms with Crippen LogP contribution in [0.15, 0.2) is 64.1 Å². The van der Waals surface area contributed by atoms with Crippen molar-refractivity contribution in [3.05, 3.63) is 96.4 Å². The third-order valence-electron chi connectivity index (χ3n) is 4.79. The van der Waals surface area contributed by atoms with Crippen molar-refractivity contribution in [2.24, 2.45) is 5.73 Å². The van der Waals surface area contributed by atoms with Crippen LogP contribution in [0, 0.1) is 18.3 Å². The molecule has 3 aromatic rings. The molecule has 0 fully saturated rings. The molecule has 4 rings (SSSR count). The summed E-state index contributed by atoms with van der Waals surface area (Å²) in [5.74, 6) is -0.195. The summed E-state index contributed by atoms with van der Waals surface area (Å²) in [6.45, 7) is 2.32. The van der Waals surface area contributed by atoms with E-state index < -0.39 is 5.92 Å². The SMILES string of the molecule is Cc1cc2c(c(=O)n1Cc1cccs1)[C@@H](c1ccc(Cl)cc1)C(C#N)=C(N)O2. The van der Waals surface area contributed by atoms with Gasteiger partial charge in [0.1, 0.15) is 17.4 Å². The molecule has 1 aromatic carbocycles. The highest BCUT2D eigenvalue weighted by molar-refractivity contribution is 7.09. The smallest absolute Gasteiger partial charge is 0.259 e. The number of nitrogens with two attached hydrogens (primary N) is 1. The first-order valence-corrected chi connectivity index (χ1v) is 9.85. The van der Waals surface area contributed by atoms with Crippen LogP contribution in [-0.4, -0.2) is 4.57 Å². The summed E-state index contributed by atoms with van der Waals surface area (Å²) in [4.78, 5) is 14.5. The van der Waals surface area contributed by atoms with Crippen LogP contribution >= 0.6 is 22.9 Å². The highest BCUT2D eigenvalue weighted by atomic mass is 35.5. The predicted molar refractivity (Wildman–Crippen MR) is 110 cm³/mol. The van der Waals surface area contributed by atoms with Crippen LogP contribution in [0.3, 0.4) is 0 Å². The van der Waals surface area contributed by atoms with Crippen molar-refractivity contribution in [3.63, 3.8) is 0 Å². The average molecular weight is 410 g/mol. The van der Waals surface area contributed by atoms with Crippen LogP contribution in [0.4, 0.5) is 0 Å². The molecule has 2 N–H and O–H groups in total. The minimum absolute atomic E-state index is 0.0183. The minimum atomic E-state index is -0.603.